The van der Waals surface area contributed by atoms with Crippen molar-refractivity contribution in [2.45, 2.75) is 51.9 Å². The molecular formula is C11H25NOSi. The van der Waals surface area contributed by atoms with Crippen LogP contribution < -0.4 is 4.98 Å². The lowest BCUT2D eigenvalue weighted by Crippen LogP contribution is -2.23. The third-order valence-electron chi connectivity index (χ3n) is 3.03. The molecule has 0 radical (unpaired) electrons. The van der Waals surface area contributed by atoms with E-state index in [1.54, 1.807) is 0 Å². The Morgan fingerprint density at radius 2 is 2.07 bits per heavy atom. The van der Waals surface area contributed by atoms with Gasteiger partial charge in [0.1, 0.15) is 0 Å². The highest BCUT2D eigenvalue weighted by molar-refractivity contribution is 6.23. The van der Waals surface area contributed by atoms with Crippen molar-refractivity contribution < 1.29 is 4.43 Å². The van der Waals surface area contributed by atoms with Crippen LogP contribution in [0.4, 0.5) is 0 Å². The molecule has 1 aliphatic rings. The number of hydrogen-bond donors (Lipinski definition) is 1. The molecule has 1 aliphatic carbocycles. The topological polar surface area (TPSA) is 21.3 Å². The van der Waals surface area contributed by atoms with Crippen molar-refractivity contribution in [3.63, 3.8) is 0 Å². The first-order valence-electron chi connectivity index (χ1n) is 6.22. The molecule has 1 fully saturated rings. The molecule has 14 heavy (non-hydrogen) atoms. The lowest BCUT2D eigenvalue weighted by molar-refractivity contribution is 0.251. The van der Waals surface area contributed by atoms with Crippen LogP contribution in [-0.2, 0) is 4.43 Å². The minimum Gasteiger partial charge on any atom is -0.409 e. The Morgan fingerprint density at radius 3 is 2.79 bits per heavy atom. The van der Waals surface area contributed by atoms with Crippen LogP contribution in [0.5, 0.6) is 0 Å². The van der Waals surface area contributed by atoms with Gasteiger partial charge in [-0.25, -0.2) is 0 Å². The van der Waals surface area contributed by atoms with Gasteiger partial charge in [0.25, 0.3) is 0 Å². The summed E-state index contributed by atoms with van der Waals surface area (Å²) >= 11 is 0. The first kappa shape index (κ1) is 12.2. The second-order valence-corrected chi connectivity index (χ2v) is 5.54. The van der Waals surface area contributed by atoms with Gasteiger partial charge in [-0.05, 0) is 25.3 Å². The normalized spacial score (nSPS) is 19.5. The van der Waals surface area contributed by atoms with E-state index in [1.807, 2.05) is 0 Å². The first-order chi connectivity index (χ1) is 6.93. The van der Waals surface area contributed by atoms with E-state index in [-0.39, 0.29) is 0 Å². The molecule has 0 bridgehead atoms. The molecule has 0 spiro atoms. The third kappa shape index (κ3) is 5.78. The van der Waals surface area contributed by atoms with Crippen molar-refractivity contribution in [1.29, 1.82) is 0 Å². The van der Waals surface area contributed by atoms with Crippen LogP contribution in [0.25, 0.3) is 0 Å². The van der Waals surface area contributed by atoms with Crippen LogP contribution in [-0.4, -0.2) is 23.1 Å². The molecule has 0 atom stereocenters. The van der Waals surface area contributed by atoms with E-state index in [4.69, 9.17) is 4.43 Å². The predicted molar refractivity (Wildman–Crippen MR) is 64.0 cm³/mol. The molecule has 1 rings (SSSR count). The average molecular weight is 215 g/mol. The fraction of sp³-hybridized carbons (Fsp3) is 1.00. The van der Waals surface area contributed by atoms with Crippen molar-refractivity contribution >= 4 is 9.92 Å². The van der Waals surface area contributed by atoms with E-state index < -0.39 is 9.92 Å². The summed E-state index contributed by atoms with van der Waals surface area (Å²) in [5.41, 5.74) is 0. The minimum absolute atomic E-state index is 0.396. The van der Waals surface area contributed by atoms with Gasteiger partial charge in [0.05, 0.1) is 0 Å². The number of nitrogens with one attached hydrogen (secondary N) is 1. The van der Waals surface area contributed by atoms with Crippen molar-refractivity contribution in [3.05, 3.63) is 0 Å². The van der Waals surface area contributed by atoms with E-state index in [9.17, 15) is 0 Å². The van der Waals surface area contributed by atoms with Crippen LogP contribution in [0.2, 0.25) is 0 Å². The molecule has 0 amide bonds. The second-order valence-electron chi connectivity index (χ2n) is 4.35. The average Bonchev–Trinajstić information content (AvgIpc) is 2.25. The molecule has 0 heterocycles. The fourth-order valence-electron chi connectivity index (χ4n) is 2.12. The monoisotopic (exact) mass is 215 g/mol. The highest BCUT2D eigenvalue weighted by Gasteiger charge is 2.12. The molecule has 0 aromatic carbocycles. The molecule has 1 saturated carbocycles. The van der Waals surface area contributed by atoms with Gasteiger partial charge in [-0.15, -0.1) is 0 Å². The second kappa shape index (κ2) is 8.45. The molecule has 0 aromatic heterocycles. The van der Waals surface area contributed by atoms with Crippen molar-refractivity contribution in [1.82, 2.24) is 4.98 Å². The largest absolute Gasteiger partial charge is 0.409 e. The van der Waals surface area contributed by atoms with Crippen LogP contribution in [0.1, 0.15) is 51.9 Å². The Kier molecular flexibility index (Phi) is 7.36. The molecule has 84 valence electrons. The zero-order valence-electron chi connectivity index (χ0n) is 9.56. The maximum Gasteiger partial charge on any atom is 0.235 e. The Hall–Kier alpha value is 0.137. The Labute approximate surface area is 90.8 Å². The van der Waals surface area contributed by atoms with E-state index >= 15 is 0 Å². The summed E-state index contributed by atoms with van der Waals surface area (Å²) in [5.74, 6) is 0.976. The summed E-state index contributed by atoms with van der Waals surface area (Å²) in [6.07, 6.45) is 9.80. The fourth-order valence-corrected chi connectivity index (χ4v) is 3.07. The Bertz CT molecular complexity index is 126. The van der Waals surface area contributed by atoms with Crippen molar-refractivity contribution in [2.75, 3.05) is 13.2 Å². The van der Waals surface area contributed by atoms with Crippen LogP contribution in [0.3, 0.4) is 0 Å². The van der Waals surface area contributed by atoms with Gasteiger partial charge >= 0.3 is 0 Å². The Balaban J connectivity index is 1.82. The van der Waals surface area contributed by atoms with Crippen LogP contribution >= 0.6 is 0 Å². The van der Waals surface area contributed by atoms with Gasteiger partial charge < -0.3 is 9.41 Å². The van der Waals surface area contributed by atoms with E-state index in [0.717, 1.165) is 19.1 Å². The molecule has 3 heteroatoms. The number of rotatable bonds is 7. The highest BCUT2D eigenvalue weighted by atomic mass is 28.2. The van der Waals surface area contributed by atoms with Crippen LogP contribution in [0.15, 0.2) is 0 Å². The van der Waals surface area contributed by atoms with Crippen molar-refractivity contribution in [3.8, 4) is 0 Å². The van der Waals surface area contributed by atoms with Crippen molar-refractivity contribution in [2.24, 2.45) is 5.92 Å². The molecule has 0 saturated heterocycles. The molecule has 0 aliphatic heterocycles. The molecule has 2 nitrogen and oxygen atoms in total. The van der Waals surface area contributed by atoms with Gasteiger partial charge in [0.2, 0.25) is 9.92 Å². The third-order valence-corrected chi connectivity index (χ3v) is 4.08. The SMILES string of the molecule is CCCN[SiH2]OCCC1CCCCC1. The summed E-state index contributed by atoms with van der Waals surface area (Å²) in [4.78, 5) is 3.39. The summed E-state index contributed by atoms with van der Waals surface area (Å²) in [7, 11) is -0.396. The van der Waals surface area contributed by atoms with Gasteiger partial charge in [0.15, 0.2) is 0 Å². The molecular weight excluding hydrogens is 190 g/mol. The summed E-state index contributed by atoms with van der Waals surface area (Å²) in [6, 6.07) is 0. The summed E-state index contributed by atoms with van der Waals surface area (Å²) in [5, 5.41) is 0. The zero-order chi connectivity index (χ0) is 10.1. The molecule has 0 unspecified atom stereocenters. The number of hydrogen-bond acceptors (Lipinski definition) is 2. The minimum atomic E-state index is -0.396. The van der Waals surface area contributed by atoms with E-state index in [1.165, 1.54) is 44.9 Å². The smallest absolute Gasteiger partial charge is 0.235 e. The van der Waals surface area contributed by atoms with E-state index in [2.05, 4.69) is 11.9 Å². The Morgan fingerprint density at radius 1 is 1.29 bits per heavy atom. The molecule has 0 aromatic rings. The van der Waals surface area contributed by atoms with Gasteiger partial charge in [-0.3, -0.25) is 0 Å². The quantitative estimate of drug-likeness (QED) is 0.518. The van der Waals surface area contributed by atoms with Gasteiger partial charge in [-0.2, -0.15) is 0 Å². The highest BCUT2D eigenvalue weighted by Crippen LogP contribution is 2.25. The lowest BCUT2D eigenvalue weighted by Gasteiger charge is -2.21. The van der Waals surface area contributed by atoms with E-state index in [0.29, 0.717) is 0 Å². The maximum atomic E-state index is 5.67. The lowest BCUT2D eigenvalue weighted by atomic mass is 9.87. The predicted octanol–water partition coefficient (Wildman–Crippen LogP) is 1.97. The summed E-state index contributed by atoms with van der Waals surface area (Å²) < 4.78 is 5.67. The maximum absolute atomic E-state index is 5.67. The standard InChI is InChI=1S/C11H25NOSi/c1-2-9-12-14-13-10-8-11-6-4-3-5-7-11/h11-12H,2-10,14H2,1H3. The van der Waals surface area contributed by atoms with Crippen LogP contribution in [0, 0.1) is 5.92 Å². The first-order valence-corrected chi connectivity index (χ1v) is 7.50. The van der Waals surface area contributed by atoms with Gasteiger partial charge in [-0.1, -0.05) is 39.0 Å². The summed E-state index contributed by atoms with van der Waals surface area (Å²) in [6.45, 7) is 4.34. The van der Waals surface area contributed by atoms with Gasteiger partial charge in [0, 0.05) is 6.61 Å². The molecule has 1 N–H and O–H groups in total. The zero-order valence-corrected chi connectivity index (χ0v) is 11.0.